The molecular weight excluding hydrogens is 301 g/mol. The lowest BCUT2D eigenvalue weighted by Crippen LogP contribution is -2.13. The molecule has 0 aliphatic rings. The minimum atomic E-state index is -0.640. The summed E-state index contributed by atoms with van der Waals surface area (Å²) in [6.45, 7) is 1.73. The van der Waals surface area contributed by atoms with Gasteiger partial charge in [0.25, 0.3) is 5.91 Å². The average Bonchev–Trinajstić information content (AvgIpc) is 2.97. The number of carbonyl (C=O) groups excluding carboxylic acids is 1. The van der Waals surface area contributed by atoms with Crippen LogP contribution in [0.25, 0.3) is 11.4 Å². The van der Waals surface area contributed by atoms with E-state index in [0.717, 1.165) is 0 Å². The molecule has 0 saturated heterocycles. The Bertz CT molecular complexity index is 913. The van der Waals surface area contributed by atoms with Crippen LogP contribution in [0.4, 0.5) is 10.1 Å². The third kappa shape index (κ3) is 3.18. The van der Waals surface area contributed by atoms with Crippen LogP contribution in [0, 0.1) is 12.7 Å². The molecule has 0 bridgehead atoms. The number of H-pyrrole nitrogens is 1. The van der Waals surface area contributed by atoms with Crippen LogP contribution < -0.4 is 11.1 Å². The molecule has 0 aliphatic carbocycles. The molecular formula is C16H12FN3O3. The number of benzene rings is 2. The van der Waals surface area contributed by atoms with Gasteiger partial charge in [-0.3, -0.25) is 14.3 Å². The predicted octanol–water partition coefficient (Wildman–Crippen LogP) is 2.73. The van der Waals surface area contributed by atoms with Crippen molar-refractivity contribution in [3.8, 4) is 11.4 Å². The van der Waals surface area contributed by atoms with E-state index in [1.165, 1.54) is 12.1 Å². The second-order valence-corrected chi connectivity index (χ2v) is 4.93. The molecule has 0 fully saturated rings. The fourth-order valence-electron chi connectivity index (χ4n) is 2.10. The number of anilines is 1. The number of nitrogens with zero attached hydrogens (tertiary/aromatic N) is 1. The molecule has 2 aromatic carbocycles. The lowest BCUT2D eigenvalue weighted by atomic mass is 10.1. The molecule has 0 aliphatic heterocycles. The van der Waals surface area contributed by atoms with Gasteiger partial charge in [0.05, 0.1) is 0 Å². The van der Waals surface area contributed by atoms with Gasteiger partial charge >= 0.3 is 5.76 Å². The van der Waals surface area contributed by atoms with Crippen LogP contribution in [-0.2, 0) is 0 Å². The molecule has 3 aromatic rings. The summed E-state index contributed by atoms with van der Waals surface area (Å²) >= 11 is 0. The van der Waals surface area contributed by atoms with E-state index in [9.17, 15) is 14.0 Å². The van der Waals surface area contributed by atoms with Crippen molar-refractivity contribution in [2.75, 3.05) is 5.32 Å². The molecule has 3 rings (SSSR count). The van der Waals surface area contributed by atoms with Gasteiger partial charge in [0.1, 0.15) is 5.82 Å². The van der Waals surface area contributed by atoms with Gasteiger partial charge in [-0.25, -0.2) is 9.18 Å². The lowest BCUT2D eigenvalue weighted by Gasteiger charge is -2.08. The van der Waals surface area contributed by atoms with E-state index in [1.807, 2.05) is 0 Å². The summed E-state index contributed by atoms with van der Waals surface area (Å²) in [5.41, 5.74) is 2.12. The first-order chi connectivity index (χ1) is 11.0. The highest BCUT2D eigenvalue weighted by molar-refractivity contribution is 6.05. The molecule has 7 heteroatoms. The summed E-state index contributed by atoms with van der Waals surface area (Å²) < 4.78 is 17.7. The second-order valence-electron chi connectivity index (χ2n) is 4.93. The maximum absolute atomic E-state index is 13.3. The quantitative estimate of drug-likeness (QED) is 0.778. The Morgan fingerprint density at radius 3 is 2.61 bits per heavy atom. The Morgan fingerprint density at radius 1 is 1.22 bits per heavy atom. The van der Waals surface area contributed by atoms with Crippen molar-refractivity contribution in [2.24, 2.45) is 0 Å². The number of rotatable bonds is 3. The van der Waals surface area contributed by atoms with E-state index in [4.69, 9.17) is 0 Å². The summed E-state index contributed by atoms with van der Waals surface area (Å²) in [5, 5.41) is 6.26. The number of amides is 1. The number of aromatic nitrogens is 2. The Hall–Kier alpha value is -3.22. The van der Waals surface area contributed by atoms with Crippen LogP contribution in [0.3, 0.4) is 0 Å². The zero-order valence-corrected chi connectivity index (χ0v) is 12.1. The van der Waals surface area contributed by atoms with Crippen molar-refractivity contribution in [2.45, 2.75) is 6.92 Å². The fourth-order valence-corrected chi connectivity index (χ4v) is 2.10. The molecule has 0 spiro atoms. The van der Waals surface area contributed by atoms with Crippen LogP contribution in [0.2, 0.25) is 0 Å². The van der Waals surface area contributed by atoms with E-state index >= 15 is 0 Å². The number of carbonyl (C=O) groups is 1. The fraction of sp³-hybridized carbons (Fsp3) is 0.0625. The van der Waals surface area contributed by atoms with Crippen LogP contribution in [0.15, 0.2) is 51.8 Å². The van der Waals surface area contributed by atoms with Crippen molar-refractivity contribution in [3.05, 3.63) is 70.0 Å². The molecule has 1 heterocycles. The number of aryl methyl sites for hydroxylation is 1. The maximum atomic E-state index is 13.3. The Morgan fingerprint density at radius 2 is 1.96 bits per heavy atom. The predicted molar refractivity (Wildman–Crippen MR) is 81.6 cm³/mol. The van der Waals surface area contributed by atoms with E-state index < -0.39 is 17.5 Å². The third-order valence-corrected chi connectivity index (χ3v) is 3.30. The van der Waals surface area contributed by atoms with Gasteiger partial charge in [-0.05, 0) is 48.9 Å². The zero-order chi connectivity index (χ0) is 16.4. The molecule has 0 saturated carbocycles. The Balaban J connectivity index is 1.79. The molecule has 2 N–H and O–H groups in total. The van der Waals surface area contributed by atoms with Crippen molar-refractivity contribution in [1.29, 1.82) is 0 Å². The topological polar surface area (TPSA) is 88.0 Å². The van der Waals surface area contributed by atoms with Gasteiger partial charge in [0.15, 0.2) is 5.82 Å². The van der Waals surface area contributed by atoms with Crippen molar-refractivity contribution in [1.82, 2.24) is 10.1 Å². The maximum Gasteiger partial charge on any atom is 0.439 e. The lowest BCUT2D eigenvalue weighted by molar-refractivity contribution is 0.102. The Labute approximate surface area is 129 Å². The number of aromatic amines is 1. The molecule has 116 valence electrons. The first-order valence-electron chi connectivity index (χ1n) is 6.77. The normalized spacial score (nSPS) is 10.5. The summed E-state index contributed by atoms with van der Waals surface area (Å²) in [6.07, 6.45) is 0. The number of halogens is 1. The van der Waals surface area contributed by atoms with Gasteiger partial charge in [-0.2, -0.15) is 0 Å². The van der Waals surface area contributed by atoms with Gasteiger partial charge in [0.2, 0.25) is 0 Å². The molecule has 1 aromatic heterocycles. The van der Waals surface area contributed by atoms with Crippen LogP contribution in [0.5, 0.6) is 0 Å². The van der Waals surface area contributed by atoms with Gasteiger partial charge in [0, 0.05) is 16.8 Å². The standard InChI is InChI=1S/C16H12FN3O3/c1-9-2-5-11(17)8-13(9)15(21)18-12-6-3-10(4-7-12)14-19-16(22)23-20-14/h2-8H,1H3,(H,18,21)(H,19,20,22). The minimum Gasteiger partial charge on any atom is -0.322 e. The highest BCUT2D eigenvalue weighted by atomic mass is 19.1. The van der Waals surface area contributed by atoms with Gasteiger partial charge < -0.3 is 5.32 Å². The van der Waals surface area contributed by atoms with Crippen molar-refractivity contribution >= 4 is 11.6 Å². The van der Waals surface area contributed by atoms with Crippen LogP contribution >= 0.6 is 0 Å². The molecule has 0 atom stereocenters. The largest absolute Gasteiger partial charge is 0.439 e. The zero-order valence-electron chi connectivity index (χ0n) is 12.1. The molecule has 1 amide bonds. The van der Waals surface area contributed by atoms with Crippen molar-refractivity contribution in [3.63, 3.8) is 0 Å². The van der Waals surface area contributed by atoms with E-state index in [-0.39, 0.29) is 5.56 Å². The Kier molecular flexibility index (Phi) is 3.76. The van der Waals surface area contributed by atoms with Crippen LogP contribution in [-0.4, -0.2) is 16.0 Å². The minimum absolute atomic E-state index is 0.273. The number of nitrogens with one attached hydrogen (secondary N) is 2. The van der Waals surface area contributed by atoms with Gasteiger partial charge in [-0.1, -0.05) is 11.2 Å². The third-order valence-electron chi connectivity index (χ3n) is 3.30. The van der Waals surface area contributed by atoms with Gasteiger partial charge in [-0.15, -0.1) is 0 Å². The number of hydrogen-bond donors (Lipinski definition) is 2. The molecule has 0 unspecified atom stereocenters. The smallest absolute Gasteiger partial charge is 0.322 e. The van der Waals surface area contributed by atoms with E-state index in [0.29, 0.717) is 22.6 Å². The summed E-state index contributed by atoms with van der Waals surface area (Å²) in [7, 11) is 0. The second kappa shape index (κ2) is 5.88. The molecule has 0 radical (unpaired) electrons. The van der Waals surface area contributed by atoms with E-state index in [2.05, 4.69) is 20.0 Å². The monoisotopic (exact) mass is 313 g/mol. The first kappa shape index (κ1) is 14.7. The highest BCUT2D eigenvalue weighted by Crippen LogP contribution is 2.18. The average molecular weight is 313 g/mol. The molecule has 6 nitrogen and oxygen atoms in total. The first-order valence-corrected chi connectivity index (χ1v) is 6.77. The van der Waals surface area contributed by atoms with Crippen LogP contribution in [0.1, 0.15) is 15.9 Å². The summed E-state index contributed by atoms with van der Waals surface area (Å²) in [4.78, 5) is 25.5. The summed E-state index contributed by atoms with van der Waals surface area (Å²) in [5.74, 6) is -1.21. The summed E-state index contributed by atoms with van der Waals surface area (Å²) in [6, 6.07) is 10.7. The SMILES string of the molecule is Cc1ccc(F)cc1C(=O)Nc1ccc(-c2noc(=O)[nH]2)cc1. The highest BCUT2D eigenvalue weighted by Gasteiger charge is 2.11. The number of hydrogen-bond acceptors (Lipinski definition) is 4. The van der Waals surface area contributed by atoms with Crippen molar-refractivity contribution < 1.29 is 13.7 Å². The van der Waals surface area contributed by atoms with E-state index in [1.54, 1.807) is 37.3 Å². The molecule has 23 heavy (non-hydrogen) atoms.